The third-order valence-corrected chi connectivity index (χ3v) is 6.46. The van der Waals surface area contributed by atoms with Crippen LogP contribution in [0.3, 0.4) is 0 Å². The molecule has 1 aliphatic heterocycles. The largest absolute Gasteiger partial charge is 0.496 e. The maximum atomic E-state index is 5.57. The third kappa shape index (κ3) is 6.17. The minimum atomic E-state index is 0.598. The van der Waals surface area contributed by atoms with Crippen molar-refractivity contribution in [2.24, 2.45) is 0 Å². The van der Waals surface area contributed by atoms with Crippen LogP contribution in [-0.2, 0) is 19.5 Å². The number of hydrogen-bond donors (Lipinski definition) is 0. The van der Waals surface area contributed by atoms with E-state index in [1.165, 1.54) is 43.5 Å². The Morgan fingerprint density at radius 2 is 2.00 bits per heavy atom. The number of nitrogens with zero attached hydrogens (tertiary/aromatic N) is 5. The molecule has 1 atom stereocenters. The van der Waals surface area contributed by atoms with Gasteiger partial charge in [0.25, 0.3) is 0 Å². The maximum absolute atomic E-state index is 5.57. The predicted octanol–water partition coefficient (Wildman–Crippen LogP) is 3.86. The summed E-state index contributed by atoms with van der Waals surface area (Å²) in [5.74, 6) is 0.897. The van der Waals surface area contributed by atoms with Crippen molar-refractivity contribution in [3.8, 4) is 5.75 Å². The lowest BCUT2D eigenvalue weighted by Crippen LogP contribution is -2.46. The quantitative estimate of drug-likeness (QED) is 0.486. The first-order valence-electron chi connectivity index (χ1n) is 11.7. The first kappa shape index (κ1) is 22.5. The molecule has 2 aromatic carbocycles. The molecule has 1 aliphatic rings. The second kappa shape index (κ2) is 11.2. The number of methoxy groups -OCH3 is 1. The summed E-state index contributed by atoms with van der Waals surface area (Å²) in [5.41, 5.74) is 3.89. The van der Waals surface area contributed by atoms with E-state index < -0.39 is 0 Å². The summed E-state index contributed by atoms with van der Waals surface area (Å²) >= 11 is 0. The summed E-state index contributed by atoms with van der Waals surface area (Å²) in [7, 11) is 3.99. The standard InChI is InChI=1S/C26H35N5O/c1-29(17-23-12-13-26(32-2)24(16-23)18-31-21-27-20-28-31)25-11-7-15-30(19-25)14-6-10-22-8-4-3-5-9-22/h3-5,8-9,12-13,16,20-21,25H,6-7,10-11,14-15,17-19H2,1-2H3. The van der Waals surface area contributed by atoms with Gasteiger partial charge in [-0.25, -0.2) is 9.67 Å². The lowest BCUT2D eigenvalue weighted by Gasteiger charge is -2.38. The van der Waals surface area contributed by atoms with Gasteiger partial charge in [0.2, 0.25) is 0 Å². The summed E-state index contributed by atoms with van der Waals surface area (Å²) in [4.78, 5) is 9.22. The Morgan fingerprint density at radius 3 is 2.78 bits per heavy atom. The first-order chi connectivity index (χ1) is 15.7. The van der Waals surface area contributed by atoms with Crippen LogP contribution in [0.4, 0.5) is 0 Å². The van der Waals surface area contributed by atoms with Crippen molar-refractivity contribution in [1.82, 2.24) is 24.6 Å². The van der Waals surface area contributed by atoms with E-state index in [1.54, 1.807) is 19.8 Å². The SMILES string of the molecule is COc1ccc(CN(C)C2CCCN(CCCc3ccccc3)C2)cc1Cn1cncn1. The molecule has 1 aromatic heterocycles. The third-order valence-electron chi connectivity index (χ3n) is 6.46. The Morgan fingerprint density at radius 1 is 1.12 bits per heavy atom. The van der Waals surface area contributed by atoms with Crippen molar-refractivity contribution in [2.75, 3.05) is 33.8 Å². The molecule has 1 fully saturated rings. The van der Waals surface area contributed by atoms with Crippen molar-refractivity contribution in [3.63, 3.8) is 0 Å². The van der Waals surface area contributed by atoms with E-state index in [-0.39, 0.29) is 0 Å². The molecule has 170 valence electrons. The van der Waals surface area contributed by atoms with Crippen LogP contribution in [0.25, 0.3) is 0 Å². The summed E-state index contributed by atoms with van der Waals surface area (Å²) < 4.78 is 7.41. The fraction of sp³-hybridized carbons (Fsp3) is 0.462. The maximum Gasteiger partial charge on any atom is 0.137 e. The molecular formula is C26H35N5O. The number of likely N-dealkylation sites (N-methyl/N-ethyl adjacent to an activating group) is 1. The van der Waals surface area contributed by atoms with Crippen molar-refractivity contribution in [3.05, 3.63) is 77.9 Å². The van der Waals surface area contributed by atoms with Gasteiger partial charge in [-0.1, -0.05) is 36.4 Å². The molecule has 4 rings (SSSR count). The number of benzene rings is 2. The highest BCUT2D eigenvalue weighted by Crippen LogP contribution is 2.23. The fourth-order valence-electron chi connectivity index (χ4n) is 4.71. The number of ether oxygens (including phenoxy) is 1. The molecule has 0 spiro atoms. The fourth-order valence-corrected chi connectivity index (χ4v) is 4.71. The zero-order valence-electron chi connectivity index (χ0n) is 19.4. The second-order valence-electron chi connectivity index (χ2n) is 8.84. The van der Waals surface area contributed by atoms with Crippen molar-refractivity contribution in [1.29, 1.82) is 0 Å². The van der Waals surface area contributed by atoms with E-state index in [9.17, 15) is 0 Å². The molecule has 32 heavy (non-hydrogen) atoms. The Balaban J connectivity index is 1.31. The van der Waals surface area contributed by atoms with Gasteiger partial charge in [-0.05, 0) is 69.1 Å². The highest BCUT2D eigenvalue weighted by atomic mass is 16.5. The van der Waals surface area contributed by atoms with Crippen molar-refractivity contribution in [2.45, 2.75) is 44.8 Å². The van der Waals surface area contributed by atoms with Gasteiger partial charge in [-0.2, -0.15) is 5.10 Å². The Bertz CT molecular complexity index is 944. The Kier molecular flexibility index (Phi) is 7.91. The van der Waals surface area contributed by atoms with Gasteiger partial charge in [0.15, 0.2) is 0 Å². The second-order valence-corrected chi connectivity index (χ2v) is 8.84. The van der Waals surface area contributed by atoms with Gasteiger partial charge < -0.3 is 9.64 Å². The van der Waals surface area contributed by atoms with Gasteiger partial charge in [0.05, 0.1) is 13.7 Å². The smallest absolute Gasteiger partial charge is 0.137 e. The van der Waals surface area contributed by atoms with Gasteiger partial charge in [-0.3, -0.25) is 4.90 Å². The van der Waals surface area contributed by atoms with Crippen molar-refractivity contribution < 1.29 is 4.74 Å². The monoisotopic (exact) mass is 433 g/mol. The van der Waals surface area contributed by atoms with Crippen LogP contribution in [0.2, 0.25) is 0 Å². The molecule has 6 heteroatoms. The van der Waals surface area contributed by atoms with E-state index in [1.807, 2.05) is 4.68 Å². The molecule has 0 bridgehead atoms. The van der Waals surface area contributed by atoms with Gasteiger partial charge in [-0.15, -0.1) is 0 Å². The number of likely N-dealkylation sites (tertiary alicyclic amines) is 1. The summed E-state index contributed by atoms with van der Waals surface area (Å²) in [5, 5.41) is 4.24. The van der Waals surface area contributed by atoms with Crippen LogP contribution in [0.5, 0.6) is 5.75 Å². The van der Waals surface area contributed by atoms with Gasteiger partial charge in [0.1, 0.15) is 18.4 Å². The first-order valence-corrected chi connectivity index (χ1v) is 11.7. The van der Waals surface area contributed by atoms with Crippen LogP contribution in [-0.4, -0.2) is 64.4 Å². The van der Waals surface area contributed by atoms with Crippen molar-refractivity contribution >= 4 is 0 Å². The van der Waals surface area contributed by atoms with E-state index in [2.05, 4.69) is 75.5 Å². The van der Waals surface area contributed by atoms with Crippen LogP contribution in [0.15, 0.2) is 61.2 Å². The molecule has 0 amide bonds. The summed E-state index contributed by atoms with van der Waals surface area (Å²) in [6, 6.07) is 17.9. The molecule has 0 N–H and O–H groups in total. The van der Waals surface area contributed by atoms with Crippen LogP contribution in [0.1, 0.15) is 36.0 Å². The molecule has 2 heterocycles. The van der Waals surface area contributed by atoms with Crippen LogP contribution in [0, 0.1) is 0 Å². The molecular weight excluding hydrogens is 398 g/mol. The van der Waals surface area contributed by atoms with E-state index in [0.29, 0.717) is 12.6 Å². The van der Waals surface area contributed by atoms with Crippen LogP contribution < -0.4 is 4.74 Å². The Hall–Kier alpha value is -2.70. The lowest BCUT2D eigenvalue weighted by molar-refractivity contribution is 0.111. The van der Waals surface area contributed by atoms with E-state index in [0.717, 1.165) is 30.8 Å². The number of piperidine rings is 1. The van der Waals surface area contributed by atoms with Crippen LogP contribution >= 0.6 is 0 Å². The molecule has 1 saturated heterocycles. The number of aromatic nitrogens is 3. The lowest BCUT2D eigenvalue weighted by atomic mass is 10.0. The highest BCUT2D eigenvalue weighted by Gasteiger charge is 2.23. The average molecular weight is 434 g/mol. The average Bonchev–Trinajstić information content (AvgIpc) is 3.33. The van der Waals surface area contributed by atoms with Gasteiger partial charge >= 0.3 is 0 Å². The number of hydrogen-bond acceptors (Lipinski definition) is 5. The molecule has 0 saturated carbocycles. The predicted molar refractivity (Wildman–Crippen MR) is 128 cm³/mol. The summed E-state index contributed by atoms with van der Waals surface area (Å²) in [6.07, 6.45) is 8.25. The minimum Gasteiger partial charge on any atom is -0.496 e. The normalized spacial score (nSPS) is 17.0. The molecule has 6 nitrogen and oxygen atoms in total. The summed E-state index contributed by atoms with van der Waals surface area (Å²) in [6.45, 7) is 5.18. The molecule has 0 aliphatic carbocycles. The molecule has 3 aromatic rings. The minimum absolute atomic E-state index is 0.598. The highest BCUT2D eigenvalue weighted by molar-refractivity contribution is 5.37. The molecule has 1 unspecified atom stereocenters. The number of rotatable bonds is 10. The topological polar surface area (TPSA) is 46.4 Å². The zero-order valence-corrected chi connectivity index (χ0v) is 19.4. The molecule has 0 radical (unpaired) electrons. The van der Waals surface area contributed by atoms with E-state index in [4.69, 9.17) is 4.74 Å². The number of aryl methyl sites for hydroxylation is 1. The zero-order chi connectivity index (χ0) is 22.2. The van der Waals surface area contributed by atoms with E-state index >= 15 is 0 Å². The Labute approximate surface area is 191 Å². The van der Waals surface area contributed by atoms with Gasteiger partial charge in [0, 0.05) is 24.7 Å².